The summed E-state index contributed by atoms with van der Waals surface area (Å²) in [6.07, 6.45) is 7.69. The average molecular weight is 370 g/mol. The van der Waals surface area contributed by atoms with Crippen molar-refractivity contribution in [2.45, 2.75) is 26.8 Å². The molecule has 0 radical (unpaired) electrons. The molecule has 0 bridgehead atoms. The van der Waals surface area contributed by atoms with Gasteiger partial charge in [0.15, 0.2) is 5.65 Å². The molecule has 4 rings (SSSR count). The lowest BCUT2D eigenvalue weighted by molar-refractivity contribution is 0.532. The first kappa shape index (κ1) is 17.7. The summed E-state index contributed by atoms with van der Waals surface area (Å²) in [5.41, 5.74) is 11.9. The van der Waals surface area contributed by atoms with Gasteiger partial charge in [-0.3, -0.25) is 4.68 Å². The van der Waals surface area contributed by atoms with E-state index in [1.807, 2.05) is 71.1 Å². The second-order valence-corrected chi connectivity index (χ2v) is 7.03. The number of fused-ring (bicyclic) bond motifs is 1. The summed E-state index contributed by atoms with van der Waals surface area (Å²) in [5, 5.41) is 7.76. The largest absolute Gasteiger partial charge is 0.399 e. The molecule has 0 saturated heterocycles. The van der Waals surface area contributed by atoms with E-state index in [0.717, 1.165) is 28.1 Å². The molecule has 4 aromatic rings. The van der Waals surface area contributed by atoms with E-state index in [-0.39, 0.29) is 0 Å². The van der Waals surface area contributed by atoms with Crippen LogP contribution in [0.3, 0.4) is 0 Å². The molecule has 3 heterocycles. The molecule has 0 spiro atoms. The molecule has 140 valence electrons. The molecule has 3 N–H and O–H groups in total. The normalized spacial score (nSPS) is 10.9. The third-order valence-corrected chi connectivity index (χ3v) is 4.48. The van der Waals surface area contributed by atoms with Crippen LogP contribution in [0.25, 0.3) is 5.65 Å². The molecule has 1 aromatic carbocycles. The zero-order valence-electron chi connectivity index (χ0n) is 16.1. The molecule has 0 aliphatic heterocycles. The summed E-state index contributed by atoms with van der Waals surface area (Å²) in [6.45, 7) is 6.21. The Labute approximate surface area is 164 Å². The molecule has 0 amide bonds. The second-order valence-electron chi connectivity index (χ2n) is 7.03. The van der Waals surface area contributed by atoms with E-state index < -0.39 is 0 Å². The molecule has 6 heteroatoms. The number of benzene rings is 1. The van der Waals surface area contributed by atoms with Crippen molar-refractivity contribution in [1.29, 1.82) is 0 Å². The highest BCUT2D eigenvalue weighted by Crippen LogP contribution is 2.22. The highest BCUT2D eigenvalue weighted by Gasteiger charge is 2.08. The lowest BCUT2D eigenvalue weighted by Gasteiger charge is -2.06. The van der Waals surface area contributed by atoms with Crippen molar-refractivity contribution in [1.82, 2.24) is 19.2 Å². The number of nitrogens with zero attached hydrogens (tertiary/aromatic N) is 4. The summed E-state index contributed by atoms with van der Waals surface area (Å²) in [4.78, 5) is 4.69. The van der Waals surface area contributed by atoms with Crippen LogP contribution >= 0.6 is 0 Å². The monoisotopic (exact) mass is 370 g/mol. The van der Waals surface area contributed by atoms with Crippen LogP contribution in [0.5, 0.6) is 0 Å². The Hall–Kier alpha value is -3.72. The number of nitrogens with two attached hydrogens (primary N) is 1. The molecular formula is C22H22N6. The number of nitrogens with one attached hydrogen (secondary N) is 1. The minimum atomic E-state index is 0.315. The van der Waals surface area contributed by atoms with Gasteiger partial charge in [0, 0.05) is 35.9 Å². The summed E-state index contributed by atoms with van der Waals surface area (Å²) < 4.78 is 3.88. The van der Waals surface area contributed by atoms with Crippen LogP contribution < -0.4 is 11.1 Å². The maximum absolute atomic E-state index is 5.87. The summed E-state index contributed by atoms with van der Waals surface area (Å²) >= 11 is 0. The standard InChI is InChI=1S/C22H22N6/c1-15(2)28-14-20(12-24-28)25-21-5-4-10-27-13-19(26-22(21)27)9-7-17-11-18(23)8-6-16(17)3/h4-6,8,10-15,25H,23H2,1-3H3. The van der Waals surface area contributed by atoms with Gasteiger partial charge in [0.2, 0.25) is 0 Å². The smallest absolute Gasteiger partial charge is 0.162 e. The number of anilines is 3. The van der Waals surface area contributed by atoms with Crippen LogP contribution in [-0.2, 0) is 0 Å². The van der Waals surface area contributed by atoms with E-state index in [1.165, 1.54) is 0 Å². The highest BCUT2D eigenvalue weighted by atomic mass is 15.3. The Morgan fingerprint density at radius 1 is 1.14 bits per heavy atom. The molecule has 0 aliphatic rings. The van der Waals surface area contributed by atoms with Crippen LogP contribution in [0.4, 0.5) is 17.1 Å². The van der Waals surface area contributed by atoms with E-state index in [4.69, 9.17) is 5.73 Å². The molecule has 0 atom stereocenters. The number of rotatable bonds is 3. The van der Waals surface area contributed by atoms with E-state index in [1.54, 1.807) is 0 Å². The third-order valence-electron chi connectivity index (χ3n) is 4.48. The van der Waals surface area contributed by atoms with Crippen molar-refractivity contribution in [3.8, 4) is 11.8 Å². The Bertz CT molecular complexity index is 1200. The zero-order chi connectivity index (χ0) is 19.7. The van der Waals surface area contributed by atoms with E-state index >= 15 is 0 Å². The first-order chi connectivity index (χ1) is 13.5. The van der Waals surface area contributed by atoms with Gasteiger partial charge in [-0.05, 0) is 56.5 Å². The maximum Gasteiger partial charge on any atom is 0.162 e. The van der Waals surface area contributed by atoms with Crippen LogP contribution in [0, 0.1) is 18.8 Å². The molecule has 6 nitrogen and oxygen atoms in total. The maximum atomic E-state index is 5.87. The van der Waals surface area contributed by atoms with Gasteiger partial charge in [-0.25, -0.2) is 4.98 Å². The minimum Gasteiger partial charge on any atom is -0.399 e. The van der Waals surface area contributed by atoms with Crippen LogP contribution in [0.15, 0.2) is 55.1 Å². The summed E-state index contributed by atoms with van der Waals surface area (Å²) in [6, 6.07) is 10.0. The van der Waals surface area contributed by atoms with E-state index in [2.05, 4.69) is 41.1 Å². The van der Waals surface area contributed by atoms with Crippen molar-refractivity contribution in [2.24, 2.45) is 0 Å². The van der Waals surface area contributed by atoms with Gasteiger partial charge >= 0.3 is 0 Å². The summed E-state index contributed by atoms with van der Waals surface area (Å²) in [5.74, 6) is 6.32. The number of pyridine rings is 1. The van der Waals surface area contributed by atoms with Gasteiger partial charge < -0.3 is 15.5 Å². The highest BCUT2D eigenvalue weighted by molar-refractivity contribution is 5.74. The predicted molar refractivity (Wildman–Crippen MR) is 113 cm³/mol. The molecule has 3 aromatic heterocycles. The van der Waals surface area contributed by atoms with Gasteiger partial charge in [0.25, 0.3) is 0 Å². The Morgan fingerprint density at radius 3 is 2.79 bits per heavy atom. The van der Waals surface area contributed by atoms with Gasteiger partial charge in [-0.15, -0.1) is 0 Å². The Morgan fingerprint density at radius 2 is 2.00 bits per heavy atom. The Kier molecular flexibility index (Phi) is 4.50. The van der Waals surface area contributed by atoms with Crippen molar-refractivity contribution >= 4 is 22.7 Å². The second kappa shape index (κ2) is 7.12. The van der Waals surface area contributed by atoms with Crippen LogP contribution in [-0.4, -0.2) is 19.2 Å². The molecule has 28 heavy (non-hydrogen) atoms. The van der Waals surface area contributed by atoms with E-state index in [0.29, 0.717) is 17.4 Å². The predicted octanol–water partition coefficient (Wildman–Crippen LogP) is 4.15. The molecule has 0 aliphatic carbocycles. The fraction of sp³-hybridized carbons (Fsp3) is 0.182. The minimum absolute atomic E-state index is 0.315. The third kappa shape index (κ3) is 3.55. The first-order valence-electron chi connectivity index (χ1n) is 9.16. The molecular weight excluding hydrogens is 348 g/mol. The van der Waals surface area contributed by atoms with Crippen LogP contribution in [0.1, 0.15) is 36.7 Å². The van der Waals surface area contributed by atoms with Crippen molar-refractivity contribution < 1.29 is 0 Å². The number of imidazole rings is 1. The summed E-state index contributed by atoms with van der Waals surface area (Å²) in [7, 11) is 0. The number of hydrogen-bond acceptors (Lipinski definition) is 4. The van der Waals surface area contributed by atoms with Crippen molar-refractivity contribution in [3.63, 3.8) is 0 Å². The number of hydrogen-bond donors (Lipinski definition) is 2. The van der Waals surface area contributed by atoms with Crippen molar-refractivity contribution in [3.05, 3.63) is 71.9 Å². The lowest BCUT2D eigenvalue weighted by Crippen LogP contribution is -2.00. The topological polar surface area (TPSA) is 73.2 Å². The fourth-order valence-electron chi connectivity index (χ4n) is 2.92. The zero-order valence-corrected chi connectivity index (χ0v) is 16.1. The van der Waals surface area contributed by atoms with Gasteiger partial charge in [0.1, 0.15) is 5.69 Å². The number of nitrogen functional groups attached to an aromatic ring is 1. The lowest BCUT2D eigenvalue weighted by atomic mass is 10.1. The fourth-order valence-corrected chi connectivity index (χ4v) is 2.92. The Balaban J connectivity index is 1.65. The average Bonchev–Trinajstić information content (AvgIpc) is 3.30. The quantitative estimate of drug-likeness (QED) is 0.420. The molecule has 0 saturated carbocycles. The first-order valence-corrected chi connectivity index (χ1v) is 9.16. The number of aryl methyl sites for hydroxylation is 1. The number of aromatic nitrogens is 4. The van der Waals surface area contributed by atoms with Crippen molar-refractivity contribution in [2.75, 3.05) is 11.1 Å². The molecule has 0 unspecified atom stereocenters. The van der Waals surface area contributed by atoms with Gasteiger partial charge in [0.05, 0.1) is 17.6 Å². The van der Waals surface area contributed by atoms with Gasteiger partial charge in [-0.1, -0.05) is 12.0 Å². The van der Waals surface area contributed by atoms with Crippen LogP contribution in [0.2, 0.25) is 0 Å². The van der Waals surface area contributed by atoms with E-state index in [9.17, 15) is 0 Å². The SMILES string of the molecule is Cc1ccc(N)cc1C#Cc1cn2cccc(Nc3cnn(C(C)C)c3)c2n1. The molecule has 0 fully saturated rings. The van der Waals surface area contributed by atoms with Gasteiger partial charge in [-0.2, -0.15) is 5.10 Å².